The van der Waals surface area contributed by atoms with Crippen molar-refractivity contribution < 1.29 is 19.1 Å². The van der Waals surface area contributed by atoms with Crippen molar-refractivity contribution in [3.63, 3.8) is 0 Å². The van der Waals surface area contributed by atoms with Gasteiger partial charge in [-0.25, -0.2) is 0 Å². The average molecular weight is 186 g/mol. The molecule has 0 radical (unpaired) electrons. The van der Waals surface area contributed by atoms with Gasteiger partial charge in [-0.15, -0.1) is 0 Å². The zero-order valence-electron chi connectivity index (χ0n) is 7.91. The van der Waals surface area contributed by atoms with E-state index in [1.807, 2.05) is 6.92 Å². The molecule has 0 spiro atoms. The van der Waals surface area contributed by atoms with Crippen LogP contribution in [-0.4, -0.2) is 31.1 Å². The first kappa shape index (κ1) is 10.2. The Kier molecular flexibility index (Phi) is 3.03. The number of rotatable bonds is 5. The molecule has 74 valence electrons. The van der Waals surface area contributed by atoms with Gasteiger partial charge in [0.25, 0.3) is 0 Å². The van der Waals surface area contributed by atoms with E-state index >= 15 is 0 Å². The number of ether oxygens (including phenoxy) is 2. The quantitative estimate of drug-likeness (QED) is 0.360. The molecule has 1 fully saturated rings. The normalized spacial score (nSPS) is 31.1. The molecule has 0 N–H and O–H groups in total. The van der Waals surface area contributed by atoms with Crippen LogP contribution >= 0.6 is 0 Å². The van der Waals surface area contributed by atoms with E-state index in [2.05, 4.69) is 4.74 Å². The van der Waals surface area contributed by atoms with Crippen molar-refractivity contribution >= 4 is 12.3 Å². The predicted molar refractivity (Wildman–Crippen MR) is 45.2 cm³/mol. The Morgan fingerprint density at radius 1 is 1.69 bits per heavy atom. The second-order valence-corrected chi connectivity index (χ2v) is 3.42. The van der Waals surface area contributed by atoms with Crippen LogP contribution in [0.1, 0.15) is 26.2 Å². The third-order valence-corrected chi connectivity index (χ3v) is 2.35. The molecule has 13 heavy (non-hydrogen) atoms. The molecular weight excluding hydrogens is 172 g/mol. The lowest BCUT2D eigenvalue weighted by atomic mass is 10.0. The van der Waals surface area contributed by atoms with Crippen LogP contribution in [0.4, 0.5) is 0 Å². The molecule has 2 atom stereocenters. The highest BCUT2D eigenvalue weighted by molar-refractivity contribution is 5.69. The fraction of sp³-hybridized carbons (Fsp3) is 0.778. The number of methoxy groups -OCH3 is 1. The molecule has 0 bridgehead atoms. The van der Waals surface area contributed by atoms with Gasteiger partial charge in [-0.3, -0.25) is 4.79 Å². The molecule has 4 nitrogen and oxygen atoms in total. The highest BCUT2D eigenvalue weighted by atomic mass is 16.6. The van der Waals surface area contributed by atoms with Crippen LogP contribution in [0.5, 0.6) is 0 Å². The predicted octanol–water partition coefficient (Wildman–Crippen LogP) is 0.686. The Morgan fingerprint density at radius 2 is 2.38 bits per heavy atom. The third-order valence-electron chi connectivity index (χ3n) is 2.35. The van der Waals surface area contributed by atoms with Gasteiger partial charge < -0.3 is 14.3 Å². The summed E-state index contributed by atoms with van der Waals surface area (Å²) in [5.74, 6) is -0.216. The summed E-state index contributed by atoms with van der Waals surface area (Å²) < 4.78 is 9.64. The van der Waals surface area contributed by atoms with Crippen LogP contribution in [0.3, 0.4) is 0 Å². The Morgan fingerprint density at radius 3 is 2.85 bits per heavy atom. The largest absolute Gasteiger partial charge is 0.469 e. The minimum atomic E-state index is -0.324. The van der Waals surface area contributed by atoms with Crippen molar-refractivity contribution in [2.24, 2.45) is 0 Å². The summed E-state index contributed by atoms with van der Waals surface area (Å²) in [5.41, 5.74) is -0.324. The molecule has 1 heterocycles. The highest BCUT2D eigenvalue weighted by Gasteiger charge is 2.51. The Balaban J connectivity index is 2.14. The molecule has 1 aliphatic heterocycles. The lowest BCUT2D eigenvalue weighted by Crippen LogP contribution is -2.11. The molecule has 4 heteroatoms. The van der Waals surface area contributed by atoms with E-state index in [-0.39, 0.29) is 17.7 Å². The van der Waals surface area contributed by atoms with Crippen molar-refractivity contribution in [3.05, 3.63) is 0 Å². The summed E-state index contributed by atoms with van der Waals surface area (Å²) in [6.07, 6.45) is 2.35. The summed E-state index contributed by atoms with van der Waals surface area (Å²) >= 11 is 0. The fourth-order valence-electron chi connectivity index (χ4n) is 1.31. The van der Waals surface area contributed by atoms with Crippen molar-refractivity contribution in [1.29, 1.82) is 0 Å². The van der Waals surface area contributed by atoms with Crippen molar-refractivity contribution in [2.45, 2.75) is 37.9 Å². The molecule has 1 saturated heterocycles. The van der Waals surface area contributed by atoms with Gasteiger partial charge in [-0.05, 0) is 19.8 Å². The van der Waals surface area contributed by atoms with E-state index in [1.165, 1.54) is 7.11 Å². The van der Waals surface area contributed by atoms with Gasteiger partial charge in [0.15, 0.2) is 6.29 Å². The van der Waals surface area contributed by atoms with Crippen molar-refractivity contribution in [2.75, 3.05) is 7.11 Å². The molecule has 0 aromatic rings. The first-order chi connectivity index (χ1) is 6.12. The number of aldehydes is 1. The average Bonchev–Trinajstić information content (AvgIpc) is 2.77. The summed E-state index contributed by atoms with van der Waals surface area (Å²) in [6.45, 7) is 1.88. The number of carbonyl (C=O) groups excluding carboxylic acids is 2. The Bertz CT molecular complexity index is 214. The lowest BCUT2D eigenvalue weighted by Gasteiger charge is -2.03. The van der Waals surface area contributed by atoms with Crippen LogP contribution in [0, 0.1) is 0 Å². The number of carbonyl (C=O) groups is 2. The standard InChI is InChI=1S/C9H14O4/c1-9(7(6-10)13-9)5-3-4-8(11)12-2/h6-7H,3-5H2,1-2H3/t7-,9-/m0/s1. The first-order valence-corrected chi connectivity index (χ1v) is 4.32. The second-order valence-electron chi connectivity index (χ2n) is 3.42. The SMILES string of the molecule is COC(=O)CCC[C@]1(C)O[C@H]1C=O. The molecule has 0 aliphatic carbocycles. The van der Waals surface area contributed by atoms with Gasteiger partial charge in [0, 0.05) is 6.42 Å². The highest BCUT2D eigenvalue weighted by Crippen LogP contribution is 2.39. The number of epoxide rings is 1. The second kappa shape index (κ2) is 3.87. The van der Waals surface area contributed by atoms with E-state index in [0.717, 1.165) is 12.7 Å². The van der Waals surface area contributed by atoms with E-state index < -0.39 is 0 Å². The minimum Gasteiger partial charge on any atom is -0.469 e. The van der Waals surface area contributed by atoms with E-state index in [4.69, 9.17) is 4.74 Å². The topological polar surface area (TPSA) is 55.9 Å². The molecule has 1 rings (SSSR count). The molecule has 0 amide bonds. The maximum atomic E-state index is 10.7. The molecule has 0 unspecified atom stereocenters. The van der Waals surface area contributed by atoms with Gasteiger partial charge in [0.05, 0.1) is 12.7 Å². The van der Waals surface area contributed by atoms with Gasteiger partial charge in [0.2, 0.25) is 0 Å². The third kappa shape index (κ3) is 2.52. The van der Waals surface area contributed by atoms with Crippen LogP contribution in [0.25, 0.3) is 0 Å². The Labute approximate surface area is 77.2 Å². The molecular formula is C9H14O4. The van der Waals surface area contributed by atoms with Gasteiger partial charge >= 0.3 is 5.97 Å². The smallest absolute Gasteiger partial charge is 0.305 e. The molecule has 0 aromatic carbocycles. The summed E-state index contributed by atoms with van der Waals surface area (Å²) in [4.78, 5) is 21.1. The zero-order chi connectivity index (χ0) is 9.90. The lowest BCUT2D eigenvalue weighted by molar-refractivity contribution is -0.140. The van der Waals surface area contributed by atoms with Crippen molar-refractivity contribution in [3.8, 4) is 0 Å². The maximum Gasteiger partial charge on any atom is 0.305 e. The van der Waals surface area contributed by atoms with Crippen LogP contribution in [0.15, 0.2) is 0 Å². The summed E-state index contributed by atoms with van der Waals surface area (Å²) in [5, 5.41) is 0. The first-order valence-electron chi connectivity index (χ1n) is 4.32. The summed E-state index contributed by atoms with van der Waals surface area (Å²) in [6, 6.07) is 0. The zero-order valence-corrected chi connectivity index (χ0v) is 7.91. The maximum absolute atomic E-state index is 10.7. The van der Waals surface area contributed by atoms with Crippen molar-refractivity contribution in [1.82, 2.24) is 0 Å². The molecule has 0 aromatic heterocycles. The monoisotopic (exact) mass is 186 g/mol. The molecule has 0 saturated carbocycles. The number of esters is 1. The van der Waals surface area contributed by atoms with Crippen LogP contribution in [0.2, 0.25) is 0 Å². The number of hydrogen-bond acceptors (Lipinski definition) is 4. The van der Waals surface area contributed by atoms with E-state index in [0.29, 0.717) is 12.8 Å². The fourth-order valence-corrected chi connectivity index (χ4v) is 1.31. The molecule has 1 aliphatic rings. The van der Waals surface area contributed by atoms with E-state index in [1.54, 1.807) is 0 Å². The van der Waals surface area contributed by atoms with Gasteiger partial charge in [0.1, 0.15) is 6.10 Å². The summed E-state index contributed by atoms with van der Waals surface area (Å²) in [7, 11) is 1.37. The van der Waals surface area contributed by atoms with Crippen LogP contribution < -0.4 is 0 Å². The van der Waals surface area contributed by atoms with E-state index in [9.17, 15) is 9.59 Å². The Hall–Kier alpha value is -0.900. The van der Waals surface area contributed by atoms with Gasteiger partial charge in [-0.2, -0.15) is 0 Å². The van der Waals surface area contributed by atoms with Crippen LogP contribution in [-0.2, 0) is 19.1 Å². The van der Waals surface area contributed by atoms with Gasteiger partial charge in [-0.1, -0.05) is 0 Å². The minimum absolute atomic E-state index is 0.216. The number of hydrogen-bond donors (Lipinski definition) is 0.